The Labute approximate surface area is 134 Å². The smallest absolute Gasteiger partial charge is 0.156 e. The first kappa shape index (κ1) is 15.0. The summed E-state index contributed by atoms with van der Waals surface area (Å²) in [5.41, 5.74) is 4.13. The standard InChI is InChI=1S/C19H16ClFO/c1-12-2-5-16(20)11-19(12)15-8-14(9-18(22)10-15)13-3-6-17(21)7-4-13/h2-7,10-11,14H,8-9H2,1H3/t14-/m1/s1. The molecule has 0 radical (unpaired) electrons. The molecule has 1 aliphatic rings. The lowest BCUT2D eigenvalue weighted by Crippen LogP contribution is -2.13. The van der Waals surface area contributed by atoms with Gasteiger partial charge in [-0.15, -0.1) is 0 Å². The van der Waals surface area contributed by atoms with Gasteiger partial charge in [-0.3, -0.25) is 4.79 Å². The van der Waals surface area contributed by atoms with Crippen molar-refractivity contribution in [2.45, 2.75) is 25.7 Å². The molecule has 0 aromatic heterocycles. The van der Waals surface area contributed by atoms with Gasteiger partial charge in [-0.1, -0.05) is 29.8 Å². The van der Waals surface area contributed by atoms with E-state index in [9.17, 15) is 9.18 Å². The molecule has 3 rings (SSSR count). The number of aryl methyl sites for hydroxylation is 1. The van der Waals surface area contributed by atoms with Gasteiger partial charge in [0.2, 0.25) is 0 Å². The number of hydrogen-bond acceptors (Lipinski definition) is 1. The Kier molecular flexibility index (Phi) is 4.12. The lowest BCUT2D eigenvalue weighted by Gasteiger charge is -2.23. The van der Waals surface area contributed by atoms with Crippen molar-refractivity contribution in [3.63, 3.8) is 0 Å². The van der Waals surface area contributed by atoms with Gasteiger partial charge in [0, 0.05) is 11.4 Å². The van der Waals surface area contributed by atoms with E-state index in [1.165, 1.54) is 12.1 Å². The van der Waals surface area contributed by atoms with E-state index in [0.717, 1.165) is 28.7 Å². The number of carbonyl (C=O) groups is 1. The number of carbonyl (C=O) groups excluding carboxylic acids is 1. The van der Waals surface area contributed by atoms with Crippen molar-refractivity contribution in [1.82, 2.24) is 0 Å². The molecule has 0 saturated carbocycles. The van der Waals surface area contributed by atoms with Crippen LogP contribution in [-0.4, -0.2) is 5.78 Å². The lowest BCUT2D eigenvalue weighted by molar-refractivity contribution is -0.115. The normalized spacial score (nSPS) is 18.2. The molecule has 1 nitrogen and oxygen atoms in total. The molecule has 1 aliphatic carbocycles. The zero-order chi connectivity index (χ0) is 15.7. The topological polar surface area (TPSA) is 17.1 Å². The molecule has 0 N–H and O–H groups in total. The Morgan fingerprint density at radius 2 is 1.82 bits per heavy atom. The predicted octanol–water partition coefficient (Wildman–Crippen LogP) is 5.32. The van der Waals surface area contributed by atoms with Crippen LogP contribution in [0.25, 0.3) is 5.57 Å². The second-order valence-electron chi connectivity index (χ2n) is 5.75. The third-order valence-electron chi connectivity index (χ3n) is 4.14. The maximum atomic E-state index is 13.1. The number of rotatable bonds is 2. The Bertz CT molecular complexity index is 747. The molecule has 0 saturated heterocycles. The summed E-state index contributed by atoms with van der Waals surface area (Å²) in [6.45, 7) is 2.01. The Balaban J connectivity index is 1.94. The number of hydrogen-bond donors (Lipinski definition) is 0. The van der Waals surface area contributed by atoms with Crippen molar-refractivity contribution in [3.8, 4) is 0 Å². The summed E-state index contributed by atoms with van der Waals surface area (Å²) in [6, 6.07) is 12.1. The van der Waals surface area contributed by atoms with Crippen LogP contribution >= 0.6 is 11.6 Å². The van der Waals surface area contributed by atoms with E-state index >= 15 is 0 Å². The number of halogens is 2. The maximum absolute atomic E-state index is 13.1. The van der Waals surface area contributed by atoms with Crippen molar-refractivity contribution in [1.29, 1.82) is 0 Å². The first-order chi connectivity index (χ1) is 10.5. The molecule has 0 aliphatic heterocycles. The second-order valence-corrected chi connectivity index (χ2v) is 6.19. The summed E-state index contributed by atoms with van der Waals surface area (Å²) >= 11 is 6.09. The predicted molar refractivity (Wildman–Crippen MR) is 87.5 cm³/mol. The van der Waals surface area contributed by atoms with Gasteiger partial charge in [0.1, 0.15) is 5.82 Å². The minimum absolute atomic E-state index is 0.0893. The third kappa shape index (κ3) is 3.12. The molecular weight excluding hydrogens is 299 g/mol. The van der Waals surface area contributed by atoms with E-state index in [4.69, 9.17) is 11.6 Å². The van der Waals surface area contributed by atoms with Gasteiger partial charge >= 0.3 is 0 Å². The summed E-state index contributed by atoms with van der Waals surface area (Å²) in [6.07, 6.45) is 2.95. The van der Waals surface area contributed by atoms with Crippen LogP contribution < -0.4 is 0 Å². The first-order valence-corrected chi connectivity index (χ1v) is 7.66. The zero-order valence-corrected chi connectivity index (χ0v) is 13.0. The van der Waals surface area contributed by atoms with Crippen LogP contribution in [0, 0.1) is 12.7 Å². The van der Waals surface area contributed by atoms with E-state index in [-0.39, 0.29) is 17.5 Å². The zero-order valence-electron chi connectivity index (χ0n) is 12.3. The highest BCUT2D eigenvalue weighted by Crippen LogP contribution is 2.37. The monoisotopic (exact) mass is 314 g/mol. The molecule has 22 heavy (non-hydrogen) atoms. The lowest BCUT2D eigenvalue weighted by atomic mass is 9.80. The summed E-state index contributed by atoms with van der Waals surface area (Å²) in [5.74, 6) is -0.0613. The van der Waals surface area contributed by atoms with Gasteiger partial charge in [-0.2, -0.15) is 0 Å². The highest BCUT2D eigenvalue weighted by atomic mass is 35.5. The van der Waals surface area contributed by atoms with E-state index in [0.29, 0.717) is 11.4 Å². The van der Waals surface area contributed by atoms with Gasteiger partial charge in [-0.25, -0.2) is 4.39 Å². The molecule has 112 valence electrons. The quantitative estimate of drug-likeness (QED) is 0.733. The van der Waals surface area contributed by atoms with Crippen LogP contribution in [0.3, 0.4) is 0 Å². The van der Waals surface area contributed by atoms with Gasteiger partial charge in [0.15, 0.2) is 5.78 Å². The number of ketones is 1. The summed E-state index contributed by atoms with van der Waals surface area (Å²) in [5, 5.41) is 0.665. The van der Waals surface area contributed by atoms with Gasteiger partial charge in [0.25, 0.3) is 0 Å². The number of benzene rings is 2. The molecule has 0 unspecified atom stereocenters. The Morgan fingerprint density at radius 3 is 2.55 bits per heavy atom. The van der Waals surface area contributed by atoms with Crippen molar-refractivity contribution in [3.05, 3.63) is 76.1 Å². The van der Waals surface area contributed by atoms with E-state index in [2.05, 4.69) is 0 Å². The molecule has 0 amide bonds. The average Bonchev–Trinajstić information content (AvgIpc) is 2.50. The molecule has 0 fully saturated rings. The van der Waals surface area contributed by atoms with Crippen LogP contribution in [0.15, 0.2) is 48.5 Å². The highest BCUT2D eigenvalue weighted by Gasteiger charge is 2.23. The van der Waals surface area contributed by atoms with Crippen LogP contribution in [0.1, 0.15) is 35.4 Å². The SMILES string of the molecule is Cc1ccc(Cl)cc1C1=CC(=O)C[C@H](c2ccc(F)cc2)C1. The second kappa shape index (κ2) is 6.05. The summed E-state index contributed by atoms with van der Waals surface area (Å²) in [7, 11) is 0. The van der Waals surface area contributed by atoms with Crippen LogP contribution in [0.5, 0.6) is 0 Å². The molecule has 2 aromatic carbocycles. The molecule has 0 spiro atoms. The Morgan fingerprint density at radius 1 is 1.09 bits per heavy atom. The molecule has 0 heterocycles. The summed E-state index contributed by atoms with van der Waals surface area (Å²) in [4.78, 5) is 12.1. The Hall–Kier alpha value is -1.93. The molecule has 3 heteroatoms. The number of allylic oxidation sites excluding steroid dienone is 2. The van der Waals surface area contributed by atoms with Gasteiger partial charge in [0.05, 0.1) is 0 Å². The fraction of sp³-hybridized carbons (Fsp3) is 0.211. The minimum atomic E-state index is -0.257. The van der Waals surface area contributed by atoms with Crippen LogP contribution in [0.4, 0.5) is 4.39 Å². The van der Waals surface area contributed by atoms with Gasteiger partial charge in [-0.05, 0) is 71.9 Å². The van der Waals surface area contributed by atoms with Crippen molar-refractivity contribution in [2.75, 3.05) is 0 Å². The average molecular weight is 315 g/mol. The van der Waals surface area contributed by atoms with Crippen LogP contribution in [-0.2, 0) is 4.79 Å². The van der Waals surface area contributed by atoms with E-state index < -0.39 is 0 Å². The molecular formula is C19H16ClFO. The van der Waals surface area contributed by atoms with Crippen molar-refractivity contribution in [2.24, 2.45) is 0 Å². The van der Waals surface area contributed by atoms with Crippen LogP contribution in [0.2, 0.25) is 5.02 Å². The molecule has 0 bridgehead atoms. The fourth-order valence-corrected chi connectivity index (χ4v) is 3.16. The van der Waals surface area contributed by atoms with E-state index in [1.54, 1.807) is 18.2 Å². The third-order valence-corrected chi connectivity index (χ3v) is 4.37. The van der Waals surface area contributed by atoms with E-state index in [1.807, 2.05) is 25.1 Å². The maximum Gasteiger partial charge on any atom is 0.156 e. The molecule has 2 aromatic rings. The summed E-state index contributed by atoms with van der Waals surface area (Å²) < 4.78 is 13.1. The van der Waals surface area contributed by atoms with Crippen molar-refractivity contribution < 1.29 is 9.18 Å². The minimum Gasteiger partial charge on any atom is -0.295 e. The van der Waals surface area contributed by atoms with Crippen molar-refractivity contribution >= 4 is 23.0 Å². The highest BCUT2D eigenvalue weighted by molar-refractivity contribution is 6.30. The molecule has 1 atom stereocenters. The largest absolute Gasteiger partial charge is 0.295 e. The first-order valence-electron chi connectivity index (χ1n) is 7.28. The fourth-order valence-electron chi connectivity index (χ4n) is 2.99. The van der Waals surface area contributed by atoms with Gasteiger partial charge < -0.3 is 0 Å².